The zero-order chi connectivity index (χ0) is 11.7. The third-order valence-electron chi connectivity index (χ3n) is 4.02. The zero-order valence-corrected chi connectivity index (χ0v) is 10.4. The number of aromatic nitrogens is 1. The molecule has 1 atom stereocenters. The Bertz CT molecular complexity index is 500. The summed E-state index contributed by atoms with van der Waals surface area (Å²) in [5.74, 6) is 0.711. The van der Waals surface area contributed by atoms with Crippen LogP contribution in [0.1, 0.15) is 31.2 Å². The fourth-order valence-corrected chi connectivity index (χ4v) is 3.06. The van der Waals surface area contributed by atoms with Crippen molar-refractivity contribution in [3.63, 3.8) is 0 Å². The van der Waals surface area contributed by atoms with Crippen molar-refractivity contribution in [3.8, 4) is 0 Å². The van der Waals surface area contributed by atoms with Crippen LogP contribution in [0.4, 0.5) is 0 Å². The molecule has 0 unspecified atom stereocenters. The van der Waals surface area contributed by atoms with Crippen LogP contribution in [0.3, 0.4) is 0 Å². The number of hydrogen-bond acceptors (Lipinski definition) is 1. The molecule has 2 nitrogen and oxygen atoms in total. The van der Waals surface area contributed by atoms with Crippen molar-refractivity contribution >= 4 is 10.9 Å². The lowest BCUT2D eigenvalue weighted by atomic mass is 9.88. The van der Waals surface area contributed by atoms with Gasteiger partial charge in [-0.15, -0.1) is 0 Å². The van der Waals surface area contributed by atoms with Crippen molar-refractivity contribution in [2.45, 2.75) is 25.7 Å². The lowest BCUT2D eigenvalue weighted by Crippen LogP contribution is -2.34. The molecule has 3 rings (SSSR count). The Balaban J connectivity index is 1.94. The molecule has 1 fully saturated rings. The minimum atomic E-state index is 0.711. The molecule has 1 aromatic heterocycles. The topological polar surface area (TPSA) is 19.0 Å². The molecule has 1 aliphatic heterocycles. The Hall–Kier alpha value is -1.28. The van der Waals surface area contributed by atoms with Crippen LogP contribution in [0.2, 0.25) is 0 Å². The second-order valence-corrected chi connectivity index (χ2v) is 5.02. The Morgan fingerprint density at radius 1 is 1.35 bits per heavy atom. The van der Waals surface area contributed by atoms with Gasteiger partial charge in [-0.25, -0.2) is 0 Å². The van der Waals surface area contributed by atoms with Crippen LogP contribution in [0.25, 0.3) is 10.9 Å². The molecular formula is C15H20N2. The highest BCUT2D eigenvalue weighted by Gasteiger charge is 2.21. The summed E-state index contributed by atoms with van der Waals surface area (Å²) in [6.07, 6.45) is 4.72. The molecule has 0 spiro atoms. The minimum Gasteiger partial charge on any atom is -0.361 e. The molecule has 0 amide bonds. The first-order chi connectivity index (χ1) is 8.38. The predicted molar refractivity (Wildman–Crippen MR) is 72.4 cm³/mol. The number of likely N-dealkylation sites (tertiary alicyclic amines) is 1. The van der Waals surface area contributed by atoms with Gasteiger partial charge in [0.15, 0.2) is 0 Å². The molecule has 17 heavy (non-hydrogen) atoms. The Morgan fingerprint density at radius 3 is 3.18 bits per heavy atom. The number of nitrogens with zero attached hydrogens (tertiary/aromatic N) is 1. The molecule has 1 saturated heterocycles. The van der Waals surface area contributed by atoms with E-state index in [1.807, 2.05) is 0 Å². The van der Waals surface area contributed by atoms with Crippen LogP contribution in [0, 0.1) is 0 Å². The van der Waals surface area contributed by atoms with E-state index in [4.69, 9.17) is 0 Å². The van der Waals surface area contributed by atoms with Crippen LogP contribution in [0.15, 0.2) is 30.5 Å². The van der Waals surface area contributed by atoms with Crippen molar-refractivity contribution in [1.82, 2.24) is 9.88 Å². The molecule has 0 aliphatic carbocycles. The first-order valence-electron chi connectivity index (χ1n) is 6.67. The molecule has 0 bridgehead atoms. The van der Waals surface area contributed by atoms with Crippen LogP contribution in [0.5, 0.6) is 0 Å². The van der Waals surface area contributed by atoms with E-state index in [1.165, 1.54) is 48.9 Å². The summed E-state index contributed by atoms with van der Waals surface area (Å²) in [7, 11) is 0. The summed E-state index contributed by atoms with van der Waals surface area (Å²) in [5, 5.41) is 1.41. The highest BCUT2D eigenvalue weighted by atomic mass is 15.1. The fourth-order valence-electron chi connectivity index (χ4n) is 3.06. The molecule has 1 aromatic carbocycles. The van der Waals surface area contributed by atoms with Gasteiger partial charge < -0.3 is 9.88 Å². The molecule has 2 heteroatoms. The van der Waals surface area contributed by atoms with Gasteiger partial charge in [0, 0.05) is 23.6 Å². The molecule has 2 heterocycles. The van der Waals surface area contributed by atoms with E-state index in [2.05, 4.69) is 47.3 Å². The molecule has 2 aromatic rings. The van der Waals surface area contributed by atoms with Crippen molar-refractivity contribution < 1.29 is 0 Å². The summed E-state index contributed by atoms with van der Waals surface area (Å²) in [4.78, 5) is 5.88. The second kappa shape index (κ2) is 4.53. The summed E-state index contributed by atoms with van der Waals surface area (Å²) < 4.78 is 0. The van der Waals surface area contributed by atoms with Crippen molar-refractivity contribution in [2.75, 3.05) is 19.6 Å². The first-order valence-corrected chi connectivity index (χ1v) is 6.67. The van der Waals surface area contributed by atoms with Gasteiger partial charge >= 0.3 is 0 Å². The van der Waals surface area contributed by atoms with E-state index >= 15 is 0 Å². The predicted octanol–water partition coefficient (Wildman–Crippen LogP) is 3.37. The Labute approximate surface area is 103 Å². The molecule has 0 radical (unpaired) electrons. The smallest absolute Gasteiger partial charge is 0.0456 e. The maximum absolute atomic E-state index is 3.31. The number of H-pyrrole nitrogens is 1. The minimum absolute atomic E-state index is 0.711. The van der Waals surface area contributed by atoms with E-state index in [0.717, 1.165) is 0 Å². The number of piperidine rings is 1. The zero-order valence-electron chi connectivity index (χ0n) is 10.4. The van der Waals surface area contributed by atoms with E-state index in [1.54, 1.807) is 0 Å². The van der Waals surface area contributed by atoms with Gasteiger partial charge in [0.25, 0.3) is 0 Å². The van der Waals surface area contributed by atoms with Crippen LogP contribution < -0.4 is 0 Å². The van der Waals surface area contributed by atoms with Gasteiger partial charge in [-0.1, -0.05) is 19.1 Å². The molecule has 1 N–H and O–H groups in total. The third kappa shape index (κ3) is 1.98. The third-order valence-corrected chi connectivity index (χ3v) is 4.02. The van der Waals surface area contributed by atoms with Gasteiger partial charge in [0.05, 0.1) is 0 Å². The monoisotopic (exact) mass is 228 g/mol. The number of fused-ring (bicyclic) bond motifs is 1. The van der Waals surface area contributed by atoms with E-state index < -0.39 is 0 Å². The van der Waals surface area contributed by atoms with Gasteiger partial charge in [-0.2, -0.15) is 0 Å². The standard InChI is InChI=1S/C15H20N2/c1-2-17-10-4-5-12(11-17)13-6-3-7-15-14(13)8-9-16-15/h3,6-9,12,16H,2,4-5,10-11H2,1H3/t12-/m0/s1. The van der Waals surface area contributed by atoms with Gasteiger partial charge in [-0.3, -0.25) is 0 Å². The number of likely N-dealkylation sites (N-methyl/N-ethyl adjacent to an activating group) is 1. The fraction of sp³-hybridized carbons (Fsp3) is 0.467. The first kappa shape index (κ1) is 10.8. The van der Waals surface area contributed by atoms with E-state index in [0.29, 0.717) is 5.92 Å². The number of aromatic amines is 1. The lowest BCUT2D eigenvalue weighted by Gasteiger charge is -2.32. The quantitative estimate of drug-likeness (QED) is 0.835. The van der Waals surface area contributed by atoms with E-state index in [9.17, 15) is 0 Å². The van der Waals surface area contributed by atoms with Crippen molar-refractivity contribution in [2.24, 2.45) is 0 Å². The average molecular weight is 228 g/mol. The SMILES string of the molecule is CCN1CCC[C@H](c2cccc3[nH]ccc23)C1. The number of benzene rings is 1. The molecule has 90 valence electrons. The molecule has 1 aliphatic rings. The maximum atomic E-state index is 3.31. The second-order valence-electron chi connectivity index (χ2n) is 5.02. The largest absolute Gasteiger partial charge is 0.361 e. The van der Waals surface area contributed by atoms with Crippen LogP contribution in [-0.2, 0) is 0 Å². The summed E-state index contributed by atoms with van der Waals surface area (Å²) in [6.45, 7) is 5.94. The van der Waals surface area contributed by atoms with Crippen LogP contribution >= 0.6 is 0 Å². The molecular weight excluding hydrogens is 208 g/mol. The number of hydrogen-bond donors (Lipinski definition) is 1. The Kier molecular flexibility index (Phi) is 2.89. The summed E-state index contributed by atoms with van der Waals surface area (Å²) in [5.41, 5.74) is 2.80. The maximum Gasteiger partial charge on any atom is 0.0456 e. The highest BCUT2D eigenvalue weighted by molar-refractivity contribution is 5.83. The van der Waals surface area contributed by atoms with Gasteiger partial charge in [0.2, 0.25) is 0 Å². The number of rotatable bonds is 2. The van der Waals surface area contributed by atoms with Gasteiger partial charge in [0.1, 0.15) is 0 Å². The van der Waals surface area contributed by atoms with Crippen molar-refractivity contribution in [1.29, 1.82) is 0 Å². The highest BCUT2D eigenvalue weighted by Crippen LogP contribution is 2.31. The average Bonchev–Trinajstić information content (AvgIpc) is 2.87. The van der Waals surface area contributed by atoms with Crippen LogP contribution in [-0.4, -0.2) is 29.5 Å². The lowest BCUT2D eigenvalue weighted by molar-refractivity contribution is 0.218. The summed E-state index contributed by atoms with van der Waals surface area (Å²) in [6, 6.07) is 8.87. The summed E-state index contributed by atoms with van der Waals surface area (Å²) >= 11 is 0. The van der Waals surface area contributed by atoms with Crippen molar-refractivity contribution in [3.05, 3.63) is 36.0 Å². The Morgan fingerprint density at radius 2 is 2.29 bits per heavy atom. The van der Waals surface area contributed by atoms with E-state index in [-0.39, 0.29) is 0 Å². The van der Waals surface area contributed by atoms with Gasteiger partial charge in [-0.05, 0) is 49.5 Å². The number of nitrogens with one attached hydrogen (secondary N) is 1. The molecule has 0 saturated carbocycles. The normalized spacial score (nSPS) is 22.1.